The summed E-state index contributed by atoms with van der Waals surface area (Å²) in [6.07, 6.45) is 2.14. The Bertz CT molecular complexity index is 815. The molecule has 0 radical (unpaired) electrons. The lowest BCUT2D eigenvalue weighted by Gasteiger charge is -2.13. The van der Waals surface area contributed by atoms with Crippen LogP contribution in [0, 0.1) is 0 Å². The van der Waals surface area contributed by atoms with Gasteiger partial charge in [0.05, 0.1) is 6.20 Å². The second-order valence-corrected chi connectivity index (χ2v) is 6.08. The zero-order chi connectivity index (χ0) is 16.9. The predicted octanol–water partition coefficient (Wildman–Crippen LogP) is 3.49. The minimum Gasteiger partial charge on any atom is -0.348 e. The molecule has 3 rings (SSSR count). The van der Waals surface area contributed by atoms with Gasteiger partial charge < -0.3 is 5.32 Å². The molecule has 24 heavy (non-hydrogen) atoms. The summed E-state index contributed by atoms with van der Waals surface area (Å²) in [5.74, 6) is -0.230. The van der Waals surface area contributed by atoms with E-state index < -0.39 is 0 Å². The van der Waals surface area contributed by atoms with Crippen molar-refractivity contribution in [3.63, 3.8) is 0 Å². The Labute approximate surface area is 145 Å². The average Bonchev–Trinajstić information content (AvgIpc) is 3.10. The van der Waals surface area contributed by atoms with Crippen molar-refractivity contribution < 1.29 is 4.79 Å². The summed E-state index contributed by atoms with van der Waals surface area (Å²) in [5, 5.41) is 13.5. The fraction of sp³-hybridized carbons (Fsp3) is 0.167. The van der Waals surface area contributed by atoms with Crippen molar-refractivity contribution in [1.29, 1.82) is 0 Å². The molecule has 0 aliphatic rings. The topological polar surface area (TPSA) is 70.7 Å². The van der Waals surface area contributed by atoms with Gasteiger partial charge in [0, 0.05) is 11.1 Å². The second-order valence-electron chi connectivity index (χ2n) is 5.64. The molecule has 0 saturated carbocycles. The van der Waals surface area contributed by atoms with Gasteiger partial charge in [0.15, 0.2) is 5.69 Å². The summed E-state index contributed by atoms with van der Waals surface area (Å²) >= 11 is 6.03. The van der Waals surface area contributed by atoms with Crippen LogP contribution in [0.15, 0.2) is 54.7 Å². The lowest BCUT2D eigenvalue weighted by Crippen LogP contribution is -2.34. The number of amides is 1. The highest BCUT2D eigenvalue weighted by Crippen LogP contribution is 2.23. The Balaban J connectivity index is 1.62. The molecular formula is C18H17ClN4O. The van der Waals surface area contributed by atoms with Gasteiger partial charge in [-0.1, -0.05) is 48.0 Å². The summed E-state index contributed by atoms with van der Waals surface area (Å²) in [5.41, 5.74) is 3.63. The highest BCUT2D eigenvalue weighted by atomic mass is 35.5. The number of rotatable bonds is 5. The van der Waals surface area contributed by atoms with E-state index in [-0.39, 0.29) is 17.6 Å². The zero-order valence-corrected chi connectivity index (χ0v) is 13.9. The fourth-order valence-corrected chi connectivity index (χ4v) is 2.70. The molecule has 122 valence electrons. The van der Waals surface area contributed by atoms with E-state index in [2.05, 4.69) is 45.0 Å². The monoisotopic (exact) mass is 340 g/mol. The number of hydrogen-bond donors (Lipinski definition) is 2. The van der Waals surface area contributed by atoms with Crippen molar-refractivity contribution in [2.24, 2.45) is 0 Å². The quantitative estimate of drug-likeness (QED) is 0.747. The van der Waals surface area contributed by atoms with E-state index in [1.165, 1.54) is 6.20 Å². The molecule has 5 nitrogen and oxygen atoms in total. The molecular weight excluding hydrogens is 324 g/mol. The Hall–Kier alpha value is -2.66. The predicted molar refractivity (Wildman–Crippen MR) is 93.9 cm³/mol. The lowest BCUT2D eigenvalue weighted by atomic mass is 10.0. The van der Waals surface area contributed by atoms with E-state index in [1.54, 1.807) is 0 Å². The molecule has 1 amide bonds. The van der Waals surface area contributed by atoms with E-state index in [1.807, 2.05) is 31.2 Å². The van der Waals surface area contributed by atoms with E-state index in [4.69, 9.17) is 11.6 Å². The molecule has 1 heterocycles. The molecule has 2 N–H and O–H groups in total. The summed E-state index contributed by atoms with van der Waals surface area (Å²) in [4.78, 5) is 11.9. The summed E-state index contributed by atoms with van der Waals surface area (Å²) in [6, 6.07) is 16.0. The fourth-order valence-electron chi connectivity index (χ4n) is 2.51. The van der Waals surface area contributed by atoms with Crippen LogP contribution in [0.3, 0.4) is 0 Å². The summed E-state index contributed by atoms with van der Waals surface area (Å²) in [6.45, 7) is 1.96. The Kier molecular flexibility index (Phi) is 4.91. The van der Waals surface area contributed by atoms with Crippen LogP contribution >= 0.6 is 11.6 Å². The lowest BCUT2D eigenvalue weighted by molar-refractivity contribution is 0.0935. The van der Waals surface area contributed by atoms with Gasteiger partial charge in [-0.05, 0) is 42.2 Å². The van der Waals surface area contributed by atoms with Gasteiger partial charge in [0.2, 0.25) is 0 Å². The molecule has 0 saturated heterocycles. The molecule has 3 aromatic rings. The van der Waals surface area contributed by atoms with E-state index in [0.29, 0.717) is 0 Å². The van der Waals surface area contributed by atoms with E-state index in [0.717, 1.165) is 28.1 Å². The largest absolute Gasteiger partial charge is 0.348 e. The van der Waals surface area contributed by atoms with Gasteiger partial charge in [-0.3, -0.25) is 4.79 Å². The molecule has 0 aliphatic carbocycles. The van der Waals surface area contributed by atoms with Crippen LogP contribution in [0.1, 0.15) is 23.0 Å². The smallest absolute Gasteiger partial charge is 0.273 e. The highest BCUT2D eigenvalue weighted by molar-refractivity contribution is 6.30. The van der Waals surface area contributed by atoms with Gasteiger partial charge in [-0.15, -0.1) is 0 Å². The number of carbonyl (C=O) groups excluding carboxylic acids is 1. The Morgan fingerprint density at radius 2 is 2.00 bits per heavy atom. The molecule has 2 aromatic carbocycles. The van der Waals surface area contributed by atoms with Gasteiger partial charge in [0.25, 0.3) is 5.91 Å². The van der Waals surface area contributed by atoms with Gasteiger partial charge in [0.1, 0.15) is 0 Å². The number of nitrogens with zero attached hydrogens (tertiary/aromatic N) is 2. The normalized spacial score (nSPS) is 11.9. The molecule has 6 heteroatoms. The first-order valence-electron chi connectivity index (χ1n) is 7.63. The molecule has 0 aliphatic heterocycles. The molecule has 0 bridgehead atoms. The summed E-state index contributed by atoms with van der Waals surface area (Å²) < 4.78 is 0. The molecule has 1 aromatic heterocycles. The van der Waals surface area contributed by atoms with Crippen LogP contribution in [0.5, 0.6) is 0 Å². The van der Waals surface area contributed by atoms with Gasteiger partial charge in [-0.2, -0.15) is 15.4 Å². The number of halogens is 1. The number of benzene rings is 2. The van der Waals surface area contributed by atoms with Crippen molar-refractivity contribution in [1.82, 2.24) is 20.7 Å². The number of H-pyrrole nitrogens is 1. The third-order valence-corrected chi connectivity index (χ3v) is 3.91. The third kappa shape index (κ3) is 4.00. The van der Waals surface area contributed by atoms with Crippen LogP contribution in [0.4, 0.5) is 0 Å². The van der Waals surface area contributed by atoms with Crippen molar-refractivity contribution in [3.05, 3.63) is 71.0 Å². The van der Waals surface area contributed by atoms with Crippen molar-refractivity contribution in [2.45, 2.75) is 19.4 Å². The van der Waals surface area contributed by atoms with Crippen molar-refractivity contribution in [3.8, 4) is 11.1 Å². The van der Waals surface area contributed by atoms with Crippen molar-refractivity contribution >= 4 is 17.5 Å². The van der Waals surface area contributed by atoms with Crippen LogP contribution in [-0.4, -0.2) is 27.4 Å². The maximum Gasteiger partial charge on any atom is 0.273 e. The Morgan fingerprint density at radius 1 is 1.21 bits per heavy atom. The number of carbonyl (C=O) groups is 1. The Morgan fingerprint density at radius 3 is 2.67 bits per heavy atom. The molecule has 0 spiro atoms. The van der Waals surface area contributed by atoms with E-state index >= 15 is 0 Å². The highest BCUT2D eigenvalue weighted by Gasteiger charge is 2.12. The van der Waals surface area contributed by atoms with Crippen LogP contribution in [0.25, 0.3) is 11.1 Å². The van der Waals surface area contributed by atoms with Crippen LogP contribution in [0.2, 0.25) is 5.02 Å². The van der Waals surface area contributed by atoms with Crippen LogP contribution in [-0.2, 0) is 6.42 Å². The summed E-state index contributed by atoms with van der Waals surface area (Å²) in [7, 11) is 0. The maximum atomic E-state index is 11.9. The number of aromatic nitrogens is 3. The first-order valence-corrected chi connectivity index (χ1v) is 8.01. The van der Waals surface area contributed by atoms with E-state index in [9.17, 15) is 4.79 Å². The molecule has 0 fully saturated rings. The van der Waals surface area contributed by atoms with Gasteiger partial charge in [-0.25, -0.2) is 0 Å². The standard InChI is InChI=1S/C18H17ClN4O/c1-12(21-18(24)17-11-20-23-22-17)9-13-5-7-14(8-6-13)15-3-2-4-16(19)10-15/h2-8,10-12H,9H2,1H3,(H,21,24)(H,20,22,23). The minimum absolute atomic E-state index is 0.00813. The minimum atomic E-state index is -0.230. The van der Waals surface area contributed by atoms with Crippen LogP contribution < -0.4 is 5.32 Å². The van der Waals surface area contributed by atoms with Gasteiger partial charge >= 0.3 is 0 Å². The second kappa shape index (κ2) is 7.27. The molecule has 1 atom stereocenters. The SMILES string of the molecule is CC(Cc1ccc(-c2cccc(Cl)c2)cc1)NC(=O)c1cn[nH]n1. The number of nitrogens with one attached hydrogen (secondary N) is 2. The first kappa shape index (κ1) is 16.2. The number of aromatic amines is 1. The molecule has 1 unspecified atom stereocenters. The zero-order valence-electron chi connectivity index (χ0n) is 13.2. The average molecular weight is 341 g/mol. The third-order valence-electron chi connectivity index (χ3n) is 3.68. The maximum absolute atomic E-state index is 11.9. The first-order chi connectivity index (χ1) is 11.6. The van der Waals surface area contributed by atoms with Crippen molar-refractivity contribution in [2.75, 3.05) is 0 Å². The number of hydrogen-bond acceptors (Lipinski definition) is 3.